The third kappa shape index (κ3) is 3.62. The Labute approximate surface area is 155 Å². The Morgan fingerprint density at radius 1 is 1.04 bits per heavy atom. The molecule has 0 aromatic heterocycles. The Balaban J connectivity index is 1.95. The molecule has 5 nitrogen and oxygen atoms in total. The van der Waals surface area contributed by atoms with Crippen LogP contribution < -0.4 is 4.74 Å². The summed E-state index contributed by atoms with van der Waals surface area (Å²) >= 11 is 0. The second-order valence-corrected chi connectivity index (χ2v) is 7.41. The van der Waals surface area contributed by atoms with Gasteiger partial charge in [-0.05, 0) is 42.9 Å². The number of benzene rings is 1. The van der Waals surface area contributed by atoms with Crippen molar-refractivity contribution in [2.45, 2.75) is 40.0 Å². The van der Waals surface area contributed by atoms with Crippen LogP contribution in [0.5, 0.6) is 5.75 Å². The van der Waals surface area contributed by atoms with Crippen molar-refractivity contribution in [3.05, 3.63) is 35.5 Å². The smallest absolute Gasteiger partial charge is 0.277 e. The highest BCUT2D eigenvalue weighted by atomic mass is 16.5. The Hall–Kier alpha value is -2.30. The minimum atomic E-state index is -0.173. The van der Waals surface area contributed by atoms with E-state index in [4.69, 9.17) is 4.74 Å². The number of carbonyl (C=O) groups is 2. The van der Waals surface area contributed by atoms with Gasteiger partial charge < -0.3 is 9.64 Å². The van der Waals surface area contributed by atoms with Gasteiger partial charge in [0, 0.05) is 19.6 Å². The minimum Gasteiger partial charge on any atom is -0.494 e. The molecule has 2 heterocycles. The highest BCUT2D eigenvalue weighted by Gasteiger charge is 2.42. The second kappa shape index (κ2) is 7.94. The van der Waals surface area contributed by atoms with Crippen LogP contribution in [0.25, 0.3) is 5.57 Å². The standard InChI is InChI=1S/C21H28N2O3/c1-4-13-26-17-9-7-16(8-10-17)18-19(22-11-5-6-12-22)21(25)23(20(18)24)14-15(2)3/h7-10,15H,4-6,11-14H2,1-3H3. The minimum absolute atomic E-state index is 0.146. The van der Waals surface area contributed by atoms with E-state index in [1.54, 1.807) is 0 Å². The molecule has 0 aliphatic carbocycles. The van der Waals surface area contributed by atoms with E-state index in [9.17, 15) is 9.59 Å². The summed E-state index contributed by atoms with van der Waals surface area (Å²) in [5.41, 5.74) is 1.91. The van der Waals surface area contributed by atoms with E-state index in [2.05, 4.69) is 11.8 Å². The van der Waals surface area contributed by atoms with E-state index in [-0.39, 0.29) is 17.7 Å². The third-order valence-corrected chi connectivity index (χ3v) is 4.73. The van der Waals surface area contributed by atoms with Gasteiger partial charge in [0.2, 0.25) is 0 Å². The molecule has 0 bridgehead atoms. The number of rotatable bonds is 7. The van der Waals surface area contributed by atoms with Gasteiger partial charge in [0.15, 0.2) is 0 Å². The van der Waals surface area contributed by atoms with Crippen LogP contribution in [-0.2, 0) is 9.59 Å². The zero-order valence-corrected chi connectivity index (χ0v) is 16.0. The molecule has 2 aliphatic rings. The highest BCUT2D eigenvalue weighted by molar-refractivity contribution is 6.35. The number of amides is 2. The molecule has 0 spiro atoms. The summed E-state index contributed by atoms with van der Waals surface area (Å²) in [4.78, 5) is 29.6. The Kier molecular flexibility index (Phi) is 5.64. The Morgan fingerprint density at radius 3 is 2.27 bits per heavy atom. The maximum atomic E-state index is 13.1. The van der Waals surface area contributed by atoms with Gasteiger partial charge in [-0.2, -0.15) is 0 Å². The predicted octanol–water partition coefficient (Wildman–Crippen LogP) is 3.31. The molecule has 0 unspecified atom stereocenters. The summed E-state index contributed by atoms with van der Waals surface area (Å²) in [6.07, 6.45) is 3.07. The first-order valence-electron chi connectivity index (χ1n) is 9.61. The lowest BCUT2D eigenvalue weighted by Crippen LogP contribution is -2.37. The van der Waals surface area contributed by atoms with E-state index >= 15 is 0 Å². The molecule has 140 valence electrons. The van der Waals surface area contributed by atoms with E-state index in [0.717, 1.165) is 43.7 Å². The summed E-state index contributed by atoms with van der Waals surface area (Å²) < 4.78 is 5.63. The Bertz CT molecular complexity index is 700. The summed E-state index contributed by atoms with van der Waals surface area (Å²) in [6.45, 7) is 8.91. The maximum absolute atomic E-state index is 13.1. The topological polar surface area (TPSA) is 49.9 Å². The van der Waals surface area contributed by atoms with Crippen LogP contribution >= 0.6 is 0 Å². The summed E-state index contributed by atoms with van der Waals surface area (Å²) in [5.74, 6) is 0.710. The fourth-order valence-electron chi connectivity index (χ4n) is 3.53. The molecule has 2 aliphatic heterocycles. The average Bonchev–Trinajstić information content (AvgIpc) is 3.22. The first kappa shape index (κ1) is 18.5. The summed E-state index contributed by atoms with van der Waals surface area (Å²) in [5, 5.41) is 0. The first-order chi connectivity index (χ1) is 12.5. The average molecular weight is 356 g/mol. The van der Waals surface area contributed by atoms with Crippen LogP contribution in [-0.4, -0.2) is 47.9 Å². The van der Waals surface area contributed by atoms with Crippen molar-refractivity contribution in [1.29, 1.82) is 0 Å². The van der Waals surface area contributed by atoms with Crippen molar-refractivity contribution in [3.63, 3.8) is 0 Å². The summed E-state index contributed by atoms with van der Waals surface area (Å²) in [6, 6.07) is 7.53. The van der Waals surface area contributed by atoms with Crippen LogP contribution in [0.15, 0.2) is 30.0 Å². The van der Waals surface area contributed by atoms with E-state index < -0.39 is 0 Å². The number of hydrogen-bond donors (Lipinski definition) is 0. The van der Waals surface area contributed by atoms with Crippen LogP contribution in [0.4, 0.5) is 0 Å². The second-order valence-electron chi connectivity index (χ2n) is 7.41. The number of hydrogen-bond acceptors (Lipinski definition) is 4. The zero-order valence-electron chi connectivity index (χ0n) is 16.0. The van der Waals surface area contributed by atoms with Crippen molar-refractivity contribution in [2.24, 2.45) is 5.92 Å². The number of carbonyl (C=O) groups excluding carboxylic acids is 2. The quantitative estimate of drug-likeness (QED) is 0.704. The van der Waals surface area contributed by atoms with E-state index in [0.29, 0.717) is 24.4 Å². The number of likely N-dealkylation sites (tertiary alicyclic amines) is 1. The normalized spacial score (nSPS) is 17.8. The van der Waals surface area contributed by atoms with E-state index in [1.165, 1.54) is 4.90 Å². The largest absolute Gasteiger partial charge is 0.494 e. The zero-order chi connectivity index (χ0) is 18.7. The van der Waals surface area contributed by atoms with Crippen LogP contribution in [0.1, 0.15) is 45.6 Å². The van der Waals surface area contributed by atoms with E-state index in [1.807, 2.05) is 38.1 Å². The molecule has 0 saturated carbocycles. The molecule has 1 fully saturated rings. The molecular weight excluding hydrogens is 328 g/mol. The van der Waals surface area contributed by atoms with Gasteiger partial charge in [-0.15, -0.1) is 0 Å². The van der Waals surface area contributed by atoms with Crippen molar-refractivity contribution in [3.8, 4) is 5.75 Å². The van der Waals surface area contributed by atoms with Crippen LogP contribution in [0.3, 0.4) is 0 Å². The molecule has 0 radical (unpaired) electrons. The maximum Gasteiger partial charge on any atom is 0.277 e. The molecule has 0 atom stereocenters. The highest BCUT2D eigenvalue weighted by Crippen LogP contribution is 2.34. The molecule has 0 N–H and O–H groups in total. The van der Waals surface area contributed by atoms with Crippen molar-refractivity contribution in [1.82, 2.24) is 9.80 Å². The Morgan fingerprint density at radius 2 is 1.69 bits per heavy atom. The first-order valence-corrected chi connectivity index (χ1v) is 9.61. The molecule has 1 aromatic carbocycles. The number of nitrogens with zero attached hydrogens (tertiary/aromatic N) is 2. The molecule has 3 rings (SSSR count). The van der Waals surface area contributed by atoms with Gasteiger partial charge in [-0.1, -0.05) is 32.9 Å². The van der Waals surface area contributed by atoms with Crippen LogP contribution in [0, 0.1) is 5.92 Å². The van der Waals surface area contributed by atoms with Gasteiger partial charge in [-0.25, -0.2) is 0 Å². The fraction of sp³-hybridized carbons (Fsp3) is 0.524. The molecule has 5 heteroatoms. The van der Waals surface area contributed by atoms with Gasteiger partial charge in [0.1, 0.15) is 11.4 Å². The lowest BCUT2D eigenvalue weighted by atomic mass is 10.0. The van der Waals surface area contributed by atoms with Crippen LogP contribution in [0.2, 0.25) is 0 Å². The summed E-state index contributed by atoms with van der Waals surface area (Å²) in [7, 11) is 0. The predicted molar refractivity (Wildman–Crippen MR) is 102 cm³/mol. The van der Waals surface area contributed by atoms with Gasteiger partial charge in [0.25, 0.3) is 11.8 Å². The SMILES string of the molecule is CCCOc1ccc(C2=C(N3CCCC3)C(=O)N(CC(C)C)C2=O)cc1. The molecule has 1 saturated heterocycles. The molecular formula is C21H28N2O3. The lowest BCUT2D eigenvalue weighted by Gasteiger charge is -2.21. The van der Waals surface area contributed by atoms with Gasteiger partial charge >= 0.3 is 0 Å². The van der Waals surface area contributed by atoms with Crippen molar-refractivity contribution in [2.75, 3.05) is 26.2 Å². The lowest BCUT2D eigenvalue weighted by molar-refractivity contribution is -0.138. The third-order valence-electron chi connectivity index (χ3n) is 4.73. The molecule has 1 aromatic rings. The van der Waals surface area contributed by atoms with Gasteiger partial charge in [0.05, 0.1) is 12.2 Å². The fourth-order valence-corrected chi connectivity index (χ4v) is 3.53. The van der Waals surface area contributed by atoms with Gasteiger partial charge in [-0.3, -0.25) is 14.5 Å². The van der Waals surface area contributed by atoms with Crippen molar-refractivity contribution < 1.29 is 14.3 Å². The number of ether oxygens (including phenoxy) is 1. The molecule has 2 amide bonds. The van der Waals surface area contributed by atoms with Crippen molar-refractivity contribution >= 4 is 17.4 Å². The monoisotopic (exact) mass is 356 g/mol. The molecule has 26 heavy (non-hydrogen) atoms. The number of imide groups is 1.